The lowest BCUT2D eigenvalue weighted by Crippen LogP contribution is -2.43. The number of hydrogen-bond acceptors (Lipinski definition) is 6. The molecule has 0 atom stereocenters. The topological polar surface area (TPSA) is 118 Å². The molecule has 1 saturated heterocycles. The SMILES string of the molecule is O=C(O)c1cn(-c2ccc([N+](=O)[O-])cc2F)c2cc(N3CCNCC3)c(F)cc2c1=O. The lowest BCUT2D eigenvalue weighted by molar-refractivity contribution is -0.385. The Morgan fingerprint density at radius 2 is 1.77 bits per heavy atom. The molecule has 0 saturated carbocycles. The highest BCUT2D eigenvalue weighted by atomic mass is 19.1. The molecule has 9 nitrogen and oxygen atoms in total. The van der Waals surface area contributed by atoms with Gasteiger partial charge >= 0.3 is 5.97 Å². The second-order valence-corrected chi connectivity index (χ2v) is 7.00. The van der Waals surface area contributed by atoms with Crippen LogP contribution in [0.2, 0.25) is 0 Å². The fourth-order valence-electron chi connectivity index (χ4n) is 3.64. The fraction of sp³-hybridized carbons (Fsp3) is 0.200. The molecule has 31 heavy (non-hydrogen) atoms. The van der Waals surface area contributed by atoms with Crippen molar-refractivity contribution in [2.45, 2.75) is 0 Å². The van der Waals surface area contributed by atoms with E-state index in [-0.39, 0.29) is 22.3 Å². The Bertz CT molecular complexity index is 1280. The van der Waals surface area contributed by atoms with Gasteiger partial charge in [-0.15, -0.1) is 0 Å². The predicted molar refractivity (Wildman–Crippen MR) is 108 cm³/mol. The van der Waals surface area contributed by atoms with E-state index in [0.29, 0.717) is 32.2 Å². The molecule has 1 aliphatic heterocycles. The van der Waals surface area contributed by atoms with Gasteiger partial charge in [0.25, 0.3) is 5.69 Å². The molecule has 2 N–H and O–H groups in total. The normalized spacial score (nSPS) is 14.1. The Morgan fingerprint density at radius 1 is 1.10 bits per heavy atom. The number of non-ortho nitro benzene ring substituents is 1. The van der Waals surface area contributed by atoms with Gasteiger partial charge < -0.3 is 19.9 Å². The summed E-state index contributed by atoms with van der Waals surface area (Å²) in [4.78, 5) is 36.1. The first-order valence-electron chi connectivity index (χ1n) is 9.30. The Kier molecular flexibility index (Phi) is 5.11. The van der Waals surface area contributed by atoms with Crippen LogP contribution < -0.4 is 15.6 Å². The molecule has 1 fully saturated rings. The molecule has 0 radical (unpaired) electrons. The van der Waals surface area contributed by atoms with Crippen LogP contribution in [-0.2, 0) is 0 Å². The van der Waals surface area contributed by atoms with Gasteiger partial charge in [0.15, 0.2) is 5.82 Å². The molecule has 160 valence electrons. The van der Waals surface area contributed by atoms with Crippen LogP contribution in [0.4, 0.5) is 20.2 Å². The number of aromatic carboxylic acids is 1. The van der Waals surface area contributed by atoms with E-state index in [1.165, 1.54) is 6.07 Å². The third-order valence-corrected chi connectivity index (χ3v) is 5.16. The number of pyridine rings is 1. The maximum absolute atomic E-state index is 14.9. The van der Waals surface area contributed by atoms with Gasteiger partial charge in [0.05, 0.1) is 27.9 Å². The summed E-state index contributed by atoms with van der Waals surface area (Å²) in [5.74, 6) is -3.26. The van der Waals surface area contributed by atoms with Crippen molar-refractivity contribution in [2.75, 3.05) is 31.1 Å². The number of benzene rings is 2. The summed E-state index contributed by atoms with van der Waals surface area (Å²) in [6.07, 6.45) is 0.941. The molecule has 0 unspecified atom stereocenters. The number of nitrogens with zero attached hydrogens (tertiary/aromatic N) is 3. The van der Waals surface area contributed by atoms with E-state index in [2.05, 4.69) is 5.32 Å². The summed E-state index contributed by atoms with van der Waals surface area (Å²) in [7, 11) is 0. The molecule has 0 aliphatic carbocycles. The van der Waals surface area contributed by atoms with Crippen molar-refractivity contribution in [1.29, 1.82) is 0 Å². The van der Waals surface area contributed by atoms with E-state index in [9.17, 15) is 33.6 Å². The van der Waals surface area contributed by atoms with Gasteiger partial charge in [-0.2, -0.15) is 0 Å². The Labute approximate surface area is 173 Å². The maximum Gasteiger partial charge on any atom is 0.341 e. The fourth-order valence-corrected chi connectivity index (χ4v) is 3.64. The van der Waals surface area contributed by atoms with Crippen LogP contribution in [0.5, 0.6) is 0 Å². The van der Waals surface area contributed by atoms with Gasteiger partial charge in [-0.3, -0.25) is 14.9 Å². The number of fused-ring (bicyclic) bond motifs is 1. The van der Waals surface area contributed by atoms with E-state index in [1.807, 2.05) is 0 Å². The minimum Gasteiger partial charge on any atom is -0.477 e. The van der Waals surface area contributed by atoms with Crippen molar-refractivity contribution in [2.24, 2.45) is 0 Å². The summed E-state index contributed by atoms with van der Waals surface area (Å²) in [5, 5.41) is 23.2. The quantitative estimate of drug-likeness (QED) is 0.482. The van der Waals surface area contributed by atoms with E-state index >= 15 is 0 Å². The summed E-state index contributed by atoms with van der Waals surface area (Å²) in [6, 6.07) is 5.17. The summed E-state index contributed by atoms with van der Waals surface area (Å²) in [6.45, 7) is 2.26. The van der Waals surface area contributed by atoms with E-state index in [4.69, 9.17) is 0 Å². The second kappa shape index (κ2) is 7.76. The molecule has 2 aromatic carbocycles. The highest BCUT2D eigenvalue weighted by Crippen LogP contribution is 2.29. The molecule has 0 bridgehead atoms. The van der Waals surface area contributed by atoms with Crippen molar-refractivity contribution in [1.82, 2.24) is 9.88 Å². The number of hydrogen-bond donors (Lipinski definition) is 2. The van der Waals surface area contributed by atoms with Gasteiger partial charge in [-0.25, -0.2) is 13.6 Å². The average molecular weight is 430 g/mol. The zero-order valence-electron chi connectivity index (χ0n) is 16.0. The lowest BCUT2D eigenvalue weighted by Gasteiger charge is -2.30. The largest absolute Gasteiger partial charge is 0.477 e. The summed E-state index contributed by atoms with van der Waals surface area (Å²) < 4.78 is 30.7. The van der Waals surface area contributed by atoms with Crippen molar-refractivity contribution < 1.29 is 23.6 Å². The van der Waals surface area contributed by atoms with Crippen molar-refractivity contribution in [3.05, 3.63) is 74.1 Å². The number of nitro benzene ring substituents is 1. The minimum atomic E-state index is -1.56. The molecule has 0 amide bonds. The third-order valence-electron chi connectivity index (χ3n) is 5.16. The average Bonchev–Trinajstić information content (AvgIpc) is 2.74. The Balaban J connectivity index is 2.02. The Morgan fingerprint density at radius 3 is 2.39 bits per heavy atom. The minimum absolute atomic E-state index is 0.0812. The van der Waals surface area contributed by atoms with Crippen molar-refractivity contribution in [3.8, 4) is 5.69 Å². The number of carboxylic acid groups (broad SMARTS) is 1. The molecule has 1 aliphatic rings. The first-order valence-corrected chi connectivity index (χ1v) is 9.30. The van der Waals surface area contributed by atoms with Crippen LogP contribution >= 0.6 is 0 Å². The Hall–Kier alpha value is -3.86. The van der Waals surface area contributed by atoms with Gasteiger partial charge in [0, 0.05) is 43.8 Å². The maximum atomic E-state index is 14.9. The number of carbonyl (C=O) groups is 1. The van der Waals surface area contributed by atoms with Crippen LogP contribution in [0.1, 0.15) is 10.4 Å². The van der Waals surface area contributed by atoms with Crippen LogP contribution in [0.25, 0.3) is 16.6 Å². The highest BCUT2D eigenvalue weighted by molar-refractivity contribution is 5.94. The van der Waals surface area contributed by atoms with Crippen LogP contribution in [-0.4, -0.2) is 46.7 Å². The molecular formula is C20H16F2N4O5. The molecular weight excluding hydrogens is 414 g/mol. The standard InChI is InChI=1S/C20H16F2N4O5/c21-14-7-11(26(30)31)1-2-16(14)25-10-13(20(28)29)19(27)12-8-15(22)18(9-17(12)25)24-5-3-23-4-6-24/h1-2,7-10,23H,3-6H2,(H,28,29). The van der Waals surface area contributed by atoms with Crippen LogP contribution in [0, 0.1) is 21.7 Å². The van der Waals surface area contributed by atoms with Gasteiger partial charge in [0.1, 0.15) is 11.4 Å². The number of carboxylic acids is 1. The molecule has 1 aromatic heterocycles. The van der Waals surface area contributed by atoms with E-state index in [0.717, 1.165) is 29.0 Å². The molecule has 3 aromatic rings. The van der Waals surface area contributed by atoms with Crippen LogP contribution in [0.15, 0.2) is 41.3 Å². The third kappa shape index (κ3) is 3.59. The zero-order chi connectivity index (χ0) is 22.3. The first-order chi connectivity index (χ1) is 14.8. The molecule has 4 rings (SSSR count). The molecule has 0 spiro atoms. The second-order valence-electron chi connectivity index (χ2n) is 7.00. The zero-order valence-corrected chi connectivity index (χ0v) is 16.0. The van der Waals surface area contributed by atoms with E-state index < -0.39 is 39.2 Å². The number of nitro groups is 1. The molecule has 2 heterocycles. The monoisotopic (exact) mass is 430 g/mol. The van der Waals surface area contributed by atoms with Gasteiger partial charge in [-0.05, 0) is 18.2 Å². The van der Waals surface area contributed by atoms with Crippen LogP contribution in [0.3, 0.4) is 0 Å². The smallest absolute Gasteiger partial charge is 0.341 e. The lowest BCUT2D eigenvalue weighted by atomic mass is 10.1. The predicted octanol–water partition coefficient (Wildman–Crippen LogP) is 2.28. The summed E-state index contributed by atoms with van der Waals surface area (Å²) >= 11 is 0. The first kappa shape index (κ1) is 20.4. The molecule has 11 heteroatoms. The number of halogens is 2. The number of nitrogens with one attached hydrogen (secondary N) is 1. The van der Waals surface area contributed by atoms with Gasteiger partial charge in [0.2, 0.25) is 5.43 Å². The van der Waals surface area contributed by atoms with E-state index in [1.54, 1.807) is 4.90 Å². The van der Waals surface area contributed by atoms with Crippen molar-refractivity contribution in [3.63, 3.8) is 0 Å². The summed E-state index contributed by atoms with van der Waals surface area (Å²) in [5.41, 5.74) is -2.02. The van der Waals surface area contributed by atoms with Gasteiger partial charge in [-0.1, -0.05) is 0 Å². The number of piperazine rings is 1. The van der Waals surface area contributed by atoms with Crippen molar-refractivity contribution >= 4 is 28.2 Å². The number of aromatic nitrogens is 1. The highest BCUT2D eigenvalue weighted by Gasteiger charge is 2.22. The number of rotatable bonds is 4. The number of anilines is 1.